The molecule has 7 nitrogen and oxygen atoms in total. The second-order valence-corrected chi connectivity index (χ2v) is 5.65. The third-order valence-corrected chi connectivity index (χ3v) is 3.74. The molecule has 130 valence electrons. The molecule has 2 N–H and O–H groups in total. The van der Waals surface area contributed by atoms with Crippen molar-refractivity contribution >= 4 is 5.96 Å². The predicted octanol–water partition coefficient (Wildman–Crippen LogP) is 1.31. The van der Waals surface area contributed by atoms with Gasteiger partial charge in [0.25, 0.3) is 0 Å². The van der Waals surface area contributed by atoms with Crippen LogP contribution >= 0.6 is 0 Å². The fourth-order valence-electron chi connectivity index (χ4n) is 2.08. The average Bonchev–Trinajstić information content (AvgIpc) is 2.90. The van der Waals surface area contributed by atoms with E-state index in [2.05, 4.69) is 57.0 Å². The first-order valence-electron chi connectivity index (χ1n) is 8.01. The molecule has 1 heterocycles. The number of nitrogens with one attached hydrogen (secondary N) is 2. The lowest BCUT2D eigenvalue weighted by Gasteiger charge is -2.12. The highest BCUT2D eigenvalue weighted by Gasteiger charge is 2.06. The SMILES string of the molecule is COCCNC(=NCc1ccc(C)cc1)NCc1nnc(C)n1C. The number of hydrogen-bond donors (Lipinski definition) is 2. The molecule has 0 aliphatic heterocycles. The Morgan fingerprint density at radius 3 is 2.54 bits per heavy atom. The molecule has 1 aromatic heterocycles. The maximum atomic E-state index is 5.08. The summed E-state index contributed by atoms with van der Waals surface area (Å²) in [6.45, 7) is 6.49. The minimum Gasteiger partial charge on any atom is -0.383 e. The molecule has 0 amide bonds. The molecule has 7 heteroatoms. The first-order valence-corrected chi connectivity index (χ1v) is 8.01. The third kappa shape index (κ3) is 5.34. The third-order valence-electron chi connectivity index (χ3n) is 3.74. The van der Waals surface area contributed by atoms with E-state index in [-0.39, 0.29) is 0 Å². The second-order valence-electron chi connectivity index (χ2n) is 5.65. The molecule has 2 aromatic rings. The van der Waals surface area contributed by atoms with Gasteiger partial charge in [-0.05, 0) is 19.4 Å². The maximum Gasteiger partial charge on any atom is 0.192 e. The van der Waals surface area contributed by atoms with Crippen LogP contribution in [0.5, 0.6) is 0 Å². The van der Waals surface area contributed by atoms with Crippen LogP contribution in [0, 0.1) is 13.8 Å². The number of nitrogens with zero attached hydrogens (tertiary/aromatic N) is 4. The van der Waals surface area contributed by atoms with Crippen molar-refractivity contribution < 1.29 is 4.74 Å². The van der Waals surface area contributed by atoms with Crippen LogP contribution in [0.15, 0.2) is 29.3 Å². The van der Waals surface area contributed by atoms with Gasteiger partial charge < -0.3 is 19.9 Å². The van der Waals surface area contributed by atoms with Gasteiger partial charge >= 0.3 is 0 Å². The van der Waals surface area contributed by atoms with Gasteiger partial charge in [0.1, 0.15) is 5.82 Å². The highest BCUT2D eigenvalue weighted by atomic mass is 16.5. The number of benzene rings is 1. The molecule has 0 aliphatic rings. The van der Waals surface area contributed by atoms with E-state index < -0.39 is 0 Å². The van der Waals surface area contributed by atoms with Crippen LogP contribution in [0.2, 0.25) is 0 Å². The Labute approximate surface area is 143 Å². The van der Waals surface area contributed by atoms with Crippen LogP contribution in [0.4, 0.5) is 0 Å². The average molecular weight is 330 g/mol. The van der Waals surface area contributed by atoms with E-state index in [1.165, 1.54) is 11.1 Å². The highest BCUT2D eigenvalue weighted by Crippen LogP contribution is 2.04. The van der Waals surface area contributed by atoms with Crippen molar-refractivity contribution in [2.24, 2.45) is 12.0 Å². The maximum absolute atomic E-state index is 5.08. The van der Waals surface area contributed by atoms with Gasteiger partial charge in [0.2, 0.25) is 0 Å². The van der Waals surface area contributed by atoms with Gasteiger partial charge in [-0.2, -0.15) is 0 Å². The molecule has 1 aromatic carbocycles. The van der Waals surface area contributed by atoms with Gasteiger partial charge in [0.15, 0.2) is 11.8 Å². The standard InChI is InChI=1S/C17H26N6O/c1-13-5-7-15(8-6-13)11-19-17(18-9-10-24-4)20-12-16-22-21-14(2)23(16)3/h5-8H,9-12H2,1-4H3,(H2,18,19,20). The number of ether oxygens (including phenoxy) is 1. The summed E-state index contributed by atoms with van der Waals surface area (Å²) in [6.07, 6.45) is 0. The molecular weight excluding hydrogens is 304 g/mol. The predicted molar refractivity (Wildman–Crippen MR) is 94.8 cm³/mol. The summed E-state index contributed by atoms with van der Waals surface area (Å²) in [7, 11) is 3.63. The van der Waals surface area contributed by atoms with Crippen molar-refractivity contribution in [2.45, 2.75) is 26.9 Å². The minimum absolute atomic E-state index is 0.560. The zero-order chi connectivity index (χ0) is 17.4. The van der Waals surface area contributed by atoms with Crippen LogP contribution in [0.3, 0.4) is 0 Å². The quantitative estimate of drug-likeness (QED) is 0.455. The van der Waals surface area contributed by atoms with Gasteiger partial charge in [-0.3, -0.25) is 0 Å². The summed E-state index contributed by atoms with van der Waals surface area (Å²) in [4.78, 5) is 4.63. The lowest BCUT2D eigenvalue weighted by molar-refractivity contribution is 0.203. The van der Waals surface area contributed by atoms with Gasteiger partial charge in [0.05, 0.1) is 19.7 Å². The van der Waals surface area contributed by atoms with Crippen molar-refractivity contribution in [1.29, 1.82) is 0 Å². The monoisotopic (exact) mass is 330 g/mol. The van der Waals surface area contributed by atoms with Crippen LogP contribution in [0.1, 0.15) is 22.8 Å². The Morgan fingerprint density at radius 1 is 1.17 bits per heavy atom. The highest BCUT2D eigenvalue weighted by molar-refractivity contribution is 5.79. The summed E-state index contributed by atoms with van der Waals surface area (Å²) in [5.41, 5.74) is 2.42. The minimum atomic E-state index is 0.560. The van der Waals surface area contributed by atoms with Crippen molar-refractivity contribution in [3.8, 4) is 0 Å². The normalized spacial score (nSPS) is 11.6. The number of aromatic nitrogens is 3. The molecule has 0 bridgehead atoms. The second kappa shape index (κ2) is 9.02. The Balaban J connectivity index is 1.98. The van der Waals surface area contributed by atoms with E-state index >= 15 is 0 Å². The van der Waals surface area contributed by atoms with Gasteiger partial charge in [0, 0.05) is 20.7 Å². The molecular formula is C17H26N6O. The van der Waals surface area contributed by atoms with E-state index in [0.29, 0.717) is 26.2 Å². The lowest BCUT2D eigenvalue weighted by Crippen LogP contribution is -2.39. The molecule has 0 atom stereocenters. The van der Waals surface area contributed by atoms with Crippen LogP contribution < -0.4 is 10.6 Å². The number of aryl methyl sites for hydroxylation is 2. The van der Waals surface area contributed by atoms with E-state index in [0.717, 1.165) is 17.6 Å². The van der Waals surface area contributed by atoms with E-state index in [1.54, 1.807) is 7.11 Å². The molecule has 0 spiro atoms. The first-order chi connectivity index (χ1) is 11.6. The molecule has 0 saturated carbocycles. The zero-order valence-electron chi connectivity index (χ0n) is 14.8. The van der Waals surface area contributed by atoms with Crippen LogP contribution in [0.25, 0.3) is 0 Å². The summed E-state index contributed by atoms with van der Waals surface area (Å²) >= 11 is 0. The molecule has 0 aliphatic carbocycles. The Hall–Kier alpha value is -2.41. The molecule has 24 heavy (non-hydrogen) atoms. The summed E-state index contributed by atoms with van der Waals surface area (Å²) < 4.78 is 7.04. The topological polar surface area (TPSA) is 76.4 Å². The largest absolute Gasteiger partial charge is 0.383 e. The van der Waals surface area contributed by atoms with Gasteiger partial charge in [-0.15, -0.1) is 10.2 Å². The van der Waals surface area contributed by atoms with Crippen LogP contribution in [-0.4, -0.2) is 41.0 Å². The zero-order valence-corrected chi connectivity index (χ0v) is 14.8. The molecule has 2 rings (SSSR count). The smallest absolute Gasteiger partial charge is 0.192 e. The van der Waals surface area contributed by atoms with Crippen molar-refractivity contribution in [3.63, 3.8) is 0 Å². The molecule has 0 radical (unpaired) electrons. The van der Waals surface area contributed by atoms with Gasteiger partial charge in [-0.25, -0.2) is 4.99 Å². The van der Waals surface area contributed by atoms with Crippen LogP contribution in [-0.2, 0) is 24.9 Å². The molecule has 0 saturated heterocycles. The fourth-order valence-corrected chi connectivity index (χ4v) is 2.08. The Kier molecular flexibility index (Phi) is 6.74. The fraction of sp³-hybridized carbons (Fsp3) is 0.471. The molecule has 0 unspecified atom stereocenters. The summed E-state index contributed by atoms with van der Waals surface area (Å²) in [5, 5.41) is 14.8. The Morgan fingerprint density at radius 2 is 1.92 bits per heavy atom. The first kappa shape index (κ1) is 17.9. The van der Waals surface area contributed by atoms with Crippen molar-refractivity contribution in [3.05, 3.63) is 47.0 Å². The van der Waals surface area contributed by atoms with Gasteiger partial charge in [-0.1, -0.05) is 29.8 Å². The lowest BCUT2D eigenvalue weighted by atomic mass is 10.1. The van der Waals surface area contributed by atoms with E-state index in [9.17, 15) is 0 Å². The number of hydrogen-bond acceptors (Lipinski definition) is 4. The Bertz CT molecular complexity index is 662. The number of aliphatic imine (C=N–C) groups is 1. The summed E-state index contributed by atoms with van der Waals surface area (Å²) in [6, 6.07) is 8.38. The van der Waals surface area contributed by atoms with E-state index in [1.807, 2.05) is 18.5 Å². The summed E-state index contributed by atoms with van der Waals surface area (Å²) in [5.74, 6) is 2.48. The number of methoxy groups -OCH3 is 1. The molecule has 0 fully saturated rings. The number of rotatable bonds is 7. The van der Waals surface area contributed by atoms with Crippen molar-refractivity contribution in [1.82, 2.24) is 25.4 Å². The number of guanidine groups is 1. The van der Waals surface area contributed by atoms with E-state index in [4.69, 9.17) is 4.74 Å². The van der Waals surface area contributed by atoms with Crippen molar-refractivity contribution in [2.75, 3.05) is 20.3 Å².